The Morgan fingerprint density at radius 1 is 0.870 bits per heavy atom. The molecule has 2 rings (SSSR count). The van der Waals surface area contributed by atoms with Gasteiger partial charge in [-0.2, -0.15) is 0 Å². The molecular weight excluding hydrogens is 310 g/mol. The smallest absolute Gasteiger partial charge is 0.349 e. The number of hydrogen-bond donors (Lipinski definition) is 1. The number of H-pyrrole nitrogens is 1. The van der Waals surface area contributed by atoms with Crippen molar-refractivity contribution >= 4 is 0 Å². The van der Waals surface area contributed by atoms with E-state index in [1.54, 1.807) is 0 Å². The number of nitrogens with zero attached hydrogens (tertiary/aromatic N) is 2. The molecule has 1 aromatic heterocycles. The molecular formula is C13H23N3O7. The van der Waals surface area contributed by atoms with Gasteiger partial charge in [0, 0.05) is 7.05 Å². The third-order valence-electron chi connectivity index (χ3n) is 3.22. The molecule has 1 N–H and O–H groups in total. The average Bonchev–Trinajstić information content (AvgIpc) is 2.79. The Balaban J connectivity index is 1.98. The molecule has 1 unspecified atom stereocenters. The summed E-state index contributed by atoms with van der Waals surface area (Å²) in [6.07, 6.45) is -0.735. The summed E-state index contributed by atoms with van der Waals surface area (Å²) in [5.74, 6) is 0. The Kier molecular flexibility index (Phi) is 7.49. The fourth-order valence-corrected chi connectivity index (χ4v) is 1.95. The molecule has 0 amide bonds. The highest BCUT2D eigenvalue weighted by Gasteiger charge is 2.17. The molecule has 0 spiro atoms. The van der Waals surface area contributed by atoms with Crippen LogP contribution in [0.3, 0.4) is 0 Å². The first-order valence-electron chi connectivity index (χ1n) is 7.50. The van der Waals surface area contributed by atoms with Crippen molar-refractivity contribution in [2.75, 3.05) is 59.5 Å². The summed E-state index contributed by atoms with van der Waals surface area (Å²) in [5, 5.41) is 2.44. The summed E-state index contributed by atoms with van der Waals surface area (Å²) in [7, 11) is 1.39. The molecule has 1 fully saturated rings. The first-order chi connectivity index (χ1) is 11.2. The topological polar surface area (TPSA) is 106 Å². The van der Waals surface area contributed by atoms with E-state index < -0.39 is 17.6 Å². The lowest BCUT2D eigenvalue weighted by atomic mass is 10.6. The Morgan fingerprint density at radius 3 is 1.91 bits per heavy atom. The molecule has 1 saturated heterocycles. The molecule has 1 aromatic rings. The molecule has 0 aliphatic carbocycles. The van der Waals surface area contributed by atoms with Gasteiger partial charge in [-0.15, -0.1) is 0 Å². The van der Waals surface area contributed by atoms with E-state index in [1.807, 2.05) is 0 Å². The van der Waals surface area contributed by atoms with Crippen LogP contribution in [-0.4, -0.2) is 73.8 Å². The van der Waals surface area contributed by atoms with Gasteiger partial charge in [-0.05, 0) is 0 Å². The lowest BCUT2D eigenvalue weighted by Crippen LogP contribution is -2.32. The highest BCUT2D eigenvalue weighted by molar-refractivity contribution is 4.70. The van der Waals surface area contributed by atoms with E-state index in [4.69, 9.17) is 23.7 Å². The van der Waals surface area contributed by atoms with Crippen molar-refractivity contribution in [3.63, 3.8) is 0 Å². The van der Waals surface area contributed by atoms with E-state index in [9.17, 15) is 9.59 Å². The van der Waals surface area contributed by atoms with Gasteiger partial charge in [-0.25, -0.2) is 23.9 Å². The predicted octanol–water partition coefficient (Wildman–Crippen LogP) is -1.53. The predicted molar refractivity (Wildman–Crippen MR) is 78.6 cm³/mol. The van der Waals surface area contributed by atoms with Crippen LogP contribution in [0.25, 0.3) is 0 Å². The van der Waals surface area contributed by atoms with Gasteiger partial charge in [0.15, 0.2) is 6.23 Å². The van der Waals surface area contributed by atoms with E-state index in [1.165, 1.54) is 7.05 Å². The normalized spacial score (nSPS) is 23.1. The molecule has 1 aliphatic rings. The summed E-state index contributed by atoms with van der Waals surface area (Å²) in [6, 6.07) is 0. The Morgan fingerprint density at radius 2 is 1.39 bits per heavy atom. The maximum absolute atomic E-state index is 12.0. The third kappa shape index (κ3) is 5.59. The third-order valence-corrected chi connectivity index (χ3v) is 3.22. The SMILES string of the molecule is Cn1c(=O)[nH]n(C2COCCOCCOCCOCCO2)c1=O. The van der Waals surface area contributed by atoms with E-state index in [2.05, 4.69) is 5.10 Å². The van der Waals surface area contributed by atoms with Crippen molar-refractivity contribution in [2.24, 2.45) is 7.05 Å². The Labute approximate surface area is 132 Å². The van der Waals surface area contributed by atoms with Crippen molar-refractivity contribution in [3.05, 3.63) is 21.0 Å². The number of ether oxygens (including phenoxy) is 5. The Hall–Kier alpha value is -1.46. The van der Waals surface area contributed by atoms with Crippen LogP contribution < -0.4 is 11.4 Å². The zero-order valence-corrected chi connectivity index (χ0v) is 13.2. The van der Waals surface area contributed by atoms with Gasteiger partial charge >= 0.3 is 11.4 Å². The minimum atomic E-state index is -0.735. The summed E-state index contributed by atoms with van der Waals surface area (Å²) in [6.45, 7) is 3.39. The first kappa shape index (κ1) is 17.9. The monoisotopic (exact) mass is 333 g/mol. The molecule has 0 saturated carbocycles. The van der Waals surface area contributed by atoms with Crippen LogP contribution in [0.2, 0.25) is 0 Å². The van der Waals surface area contributed by atoms with Crippen molar-refractivity contribution in [1.82, 2.24) is 14.3 Å². The first-order valence-corrected chi connectivity index (χ1v) is 7.50. The van der Waals surface area contributed by atoms with Crippen LogP contribution in [0.4, 0.5) is 0 Å². The molecule has 10 heteroatoms. The molecule has 1 aliphatic heterocycles. The minimum Gasteiger partial charge on any atom is -0.377 e. The van der Waals surface area contributed by atoms with Crippen LogP contribution in [-0.2, 0) is 30.7 Å². The van der Waals surface area contributed by atoms with Crippen LogP contribution in [0.1, 0.15) is 6.23 Å². The lowest BCUT2D eigenvalue weighted by molar-refractivity contribution is -0.0860. The van der Waals surface area contributed by atoms with E-state index >= 15 is 0 Å². The van der Waals surface area contributed by atoms with Crippen LogP contribution in [0.5, 0.6) is 0 Å². The quantitative estimate of drug-likeness (QED) is 0.664. The number of hydrogen-bond acceptors (Lipinski definition) is 7. The van der Waals surface area contributed by atoms with Gasteiger partial charge in [0.05, 0.1) is 59.5 Å². The van der Waals surface area contributed by atoms with E-state index in [0.717, 1.165) is 9.25 Å². The molecule has 2 heterocycles. The molecule has 132 valence electrons. The fourth-order valence-electron chi connectivity index (χ4n) is 1.95. The van der Waals surface area contributed by atoms with Crippen LogP contribution >= 0.6 is 0 Å². The van der Waals surface area contributed by atoms with Gasteiger partial charge in [-0.3, -0.25) is 0 Å². The van der Waals surface area contributed by atoms with Crippen LogP contribution in [0.15, 0.2) is 9.59 Å². The number of nitrogens with one attached hydrogen (secondary N) is 1. The van der Waals surface area contributed by atoms with Gasteiger partial charge in [0.1, 0.15) is 0 Å². The average molecular weight is 333 g/mol. The van der Waals surface area contributed by atoms with Gasteiger partial charge in [0.2, 0.25) is 0 Å². The fraction of sp³-hybridized carbons (Fsp3) is 0.846. The summed E-state index contributed by atoms with van der Waals surface area (Å²) >= 11 is 0. The van der Waals surface area contributed by atoms with Crippen molar-refractivity contribution in [3.8, 4) is 0 Å². The maximum Gasteiger partial charge on any atom is 0.349 e. The van der Waals surface area contributed by atoms with Crippen molar-refractivity contribution < 1.29 is 23.7 Å². The maximum atomic E-state index is 12.0. The second kappa shape index (κ2) is 9.63. The molecule has 23 heavy (non-hydrogen) atoms. The second-order valence-corrected chi connectivity index (χ2v) is 4.87. The minimum absolute atomic E-state index is 0.111. The molecule has 0 bridgehead atoms. The lowest BCUT2D eigenvalue weighted by Gasteiger charge is -2.18. The van der Waals surface area contributed by atoms with E-state index in [-0.39, 0.29) is 13.2 Å². The number of aromatic amines is 1. The van der Waals surface area contributed by atoms with Crippen molar-refractivity contribution in [1.29, 1.82) is 0 Å². The van der Waals surface area contributed by atoms with Gasteiger partial charge < -0.3 is 23.7 Å². The number of rotatable bonds is 1. The summed E-state index contributed by atoms with van der Waals surface area (Å²) < 4.78 is 29.1. The molecule has 1 atom stereocenters. The number of aromatic nitrogens is 3. The van der Waals surface area contributed by atoms with E-state index in [0.29, 0.717) is 46.2 Å². The van der Waals surface area contributed by atoms with Crippen LogP contribution in [0, 0.1) is 0 Å². The van der Waals surface area contributed by atoms with Crippen molar-refractivity contribution in [2.45, 2.75) is 6.23 Å². The summed E-state index contributed by atoms with van der Waals surface area (Å²) in [5.41, 5.74) is -1.00. The Bertz CT molecular complexity index is 549. The molecule has 0 radical (unpaired) electrons. The van der Waals surface area contributed by atoms with Gasteiger partial charge in [-0.1, -0.05) is 0 Å². The molecule has 10 nitrogen and oxygen atoms in total. The van der Waals surface area contributed by atoms with Gasteiger partial charge in [0.25, 0.3) is 0 Å². The zero-order chi connectivity index (χ0) is 16.5. The standard InChI is InChI=1S/C13H23N3O7/c1-15-12(17)14-16(13(15)18)11-10-22-7-6-20-3-2-19-4-5-21-8-9-23-11/h11H,2-10H2,1H3,(H,14,17). The highest BCUT2D eigenvalue weighted by atomic mass is 16.6. The highest BCUT2D eigenvalue weighted by Crippen LogP contribution is 2.04. The zero-order valence-electron chi connectivity index (χ0n) is 13.2. The largest absolute Gasteiger partial charge is 0.377 e. The molecule has 0 aromatic carbocycles. The second-order valence-electron chi connectivity index (χ2n) is 4.87. The summed E-state index contributed by atoms with van der Waals surface area (Å²) in [4.78, 5) is 23.5.